The number of carbonyl (C=O) groups excluding carboxylic acids is 2. The fourth-order valence-electron chi connectivity index (χ4n) is 3.39. The maximum Gasteiger partial charge on any atom is 0.224 e. The van der Waals surface area contributed by atoms with Crippen molar-refractivity contribution < 1.29 is 9.59 Å². The first-order chi connectivity index (χ1) is 9.47. The number of hydrogen-bond donors (Lipinski definition) is 2. The molecule has 0 aromatic rings. The number of primary amides is 1. The fraction of sp³-hybridized carbons (Fsp3) is 0.800. The molecule has 20 heavy (non-hydrogen) atoms. The van der Waals surface area contributed by atoms with E-state index in [1.807, 2.05) is 0 Å². The number of nitrogens with one attached hydrogen (secondary N) is 1. The molecule has 2 fully saturated rings. The lowest BCUT2D eigenvalue weighted by atomic mass is 9.82. The number of hydrogen-bond acceptors (Lipinski definition) is 3. The maximum atomic E-state index is 11.9. The molecule has 2 heterocycles. The van der Waals surface area contributed by atoms with Crippen molar-refractivity contribution in [3.8, 4) is 0 Å². The van der Waals surface area contributed by atoms with Crippen molar-refractivity contribution in [3.05, 3.63) is 6.42 Å². The Morgan fingerprint density at radius 2 is 1.95 bits per heavy atom. The molecule has 2 aliphatic rings. The molecule has 0 aromatic heterocycles. The summed E-state index contributed by atoms with van der Waals surface area (Å²) in [4.78, 5) is 25.3. The van der Waals surface area contributed by atoms with Gasteiger partial charge in [-0.3, -0.25) is 9.59 Å². The van der Waals surface area contributed by atoms with Gasteiger partial charge in [-0.15, -0.1) is 0 Å². The highest BCUT2D eigenvalue weighted by Gasteiger charge is 2.36. The predicted molar refractivity (Wildman–Crippen MR) is 77.6 cm³/mol. The lowest BCUT2D eigenvalue weighted by Crippen LogP contribution is -2.55. The molecule has 1 radical (unpaired) electrons. The second-order valence-electron chi connectivity index (χ2n) is 6.32. The Kier molecular flexibility index (Phi) is 5.02. The first-order valence-electron chi connectivity index (χ1n) is 7.62. The number of nitrogens with zero attached hydrogens (tertiary/aromatic N) is 1. The zero-order chi connectivity index (χ0) is 14.7. The molecule has 2 bridgehead atoms. The van der Waals surface area contributed by atoms with Crippen LogP contribution in [-0.2, 0) is 9.59 Å². The average molecular weight is 280 g/mol. The molecule has 0 spiro atoms. The van der Waals surface area contributed by atoms with Crippen molar-refractivity contribution in [2.45, 2.75) is 63.6 Å². The number of rotatable bonds is 5. The Labute approximate surface area is 121 Å². The fourth-order valence-corrected chi connectivity index (χ4v) is 3.39. The van der Waals surface area contributed by atoms with Crippen LogP contribution in [0.15, 0.2) is 0 Å². The van der Waals surface area contributed by atoms with Crippen LogP contribution < -0.4 is 11.1 Å². The van der Waals surface area contributed by atoms with Gasteiger partial charge < -0.3 is 16.0 Å². The van der Waals surface area contributed by atoms with Gasteiger partial charge in [-0.05, 0) is 39.2 Å². The van der Waals surface area contributed by atoms with E-state index < -0.39 is 0 Å². The third-order valence-corrected chi connectivity index (χ3v) is 4.83. The van der Waals surface area contributed by atoms with Gasteiger partial charge in [0.05, 0.1) is 6.42 Å². The summed E-state index contributed by atoms with van der Waals surface area (Å²) in [6.07, 6.45) is 7.84. The van der Waals surface area contributed by atoms with E-state index in [-0.39, 0.29) is 23.8 Å². The number of fused-ring (bicyclic) bond motifs is 2. The van der Waals surface area contributed by atoms with E-state index in [2.05, 4.69) is 17.3 Å². The molecular formula is C15H26N3O2. The summed E-state index contributed by atoms with van der Waals surface area (Å²) in [5, 5.41) is 3.09. The largest absolute Gasteiger partial charge is 0.369 e. The van der Waals surface area contributed by atoms with Crippen LogP contribution in [0, 0.1) is 12.3 Å². The van der Waals surface area contributed by atoms with E-state index in [1.165, 1.54) is 19.3 Å². The van der Waals surface area contributed by atoms with Gasteiger partial charge in [0.15, 0.2) is 0 Å². The molecule has 0 aromatic carbocycles. The van der Waals surface area contributed by atoms with Crippen molar-refractivity contribution in [3.63, 3.8) is 0 Å². The first-order valence-corrected chi connectivity index (χ1v) is 7.62. The summed E-state index contributed by atoms with van der Waals surface area (Å²) < 4.78 is 0. The summed E-state index contributed by atoms with van der Waals surface area (Å²) in [6.45, 7) is 1.74. The van der Waals surface area contributed by atoms with Crippen molar-refractivity contribution in [2.75, 3.05) is 7.05 Å². The van der Waals surface area contributed by atoms with E-state index in [1.54, 1.807) is 13.3 Å². The molecule has 113 valence electrons. The van der Waals surface area contributed by atoms with E-state index in [4.69, 9.17) is 5.73 Å². The molecule has 2 saturated heterocycles. The zero-order valence-corrected chi connectivity index (χ0v) is 12.5. The van der Waals surface area contributed by atoms with Gasteiger partial charge in [0.2, 0.25) is 11.8 Å². The van der Waals surface area contributed by atoms with Crippen molar-refractivity contribution in [2.24, 2.45) is 11.7 Å². The van der Waals surface area contributed by atoms with Crippen LogP contribution in [-0.4, -0.2) is 41.9 Å². The molecule has 3 unspecified atom stereocenters. The minimum Gasteiger partial charge on any atom is -0.369 e. The van der Waals surface area contributed by atoms with Crippen molar-refractivity contribution in [1.82, 2.24) is 10.2 Å². The number of nitrogens with two attached hydrogens (primary N) is 1. The molecule has 0 saturated carbocycles. The maximum absolute atomic E-state index is 11.9. The molecule has 0 aliphatic carbocycles. The van der Waals surface area contributed by atoms with Crippen LogP contribution in [0.4, 0.5) is 0 Å². The van der Waals surface area contributed by atoms with Crippen LogP contribution in [0.25, 0.3) is 0 Å². The molecule has 2 amide bonds. The number of amides is 2. The molecule has 2 aliphatic heterocycles. The molecule has 2 rings (SSSR count). The second kappa shape index (κ2) is 6.57. The van der Waals surface area contributed by atoms with E-state index in [0.29, 0.717) is 18.5 Å². The van der Waals surface area contributed by atoms with Crippen LogP contribution in [0.5, 0.6) is 0 Å². The van der Waals surface area contributed by atoms with Gasteiger partial charge >= 0.3 is 0 Å². The zero-order valence-electron chi connectivity index (χ0n) is 12.5. The smallest absolute Gasteiger partial charge is 0.224 e. The molecule has 4 atom stereocenters. The van der Waals surface area contributed by atoms with E-state index in [0.717, 1.165) is 12.8 Å². The van der Waals surface area contributed by atoms with Crippen LogP contribution >= 0.6 is 0 Å². The Balaban J connectivity index is 1.76. The van der Waals surface area contributed by atoms with E-state index >= 15 is 0 Å². The van der Waals surface area contributed by atoms with Gasteiger partial charge in [-0.1, -0.05) is 13.3 Å². The number of carbonyl (C=O) groups is 2. The molecule has 5 nitrogen and oxygen atoms in total. The van der Waals surface area contributed by atoms with Crippen LogP contribution in [0.2, 0.25) is 0 Å². The lowest BCUT2D eigenvalue weighted by Gasteiger charge is -2.47. The number of piperidine rings is 2. The summed E-state index contributed by atoms with van der Waals surface area (Å²) in [5.41, 5.74) is 5.19. The summed E-state index contributed by atoms with van der Waals surface area (Å²) in [6, 6.07) is 1.49. The predicted octanol–water partition coefficient (Wildman–Crippen LogP) is 0.834. The quantitative estimate of drug-likeness (QED) is 0.783. The summed E-state index contributed by atoms with van der Waals surface area (Å²) >= 11 is 0. The van der Waals surface area contributed by atoms with Crippen LogP contribution in [0.3, 0.4) is 0 Å². The molecular weight excluding hydrogens is 254 g/mol. The Bertz CT molecular complexity index is 358. The monoisotopic (exact) mass is 280 g/mol. The highest BCUT2D eigenvalue weighted by Crippen LogP contribution is 2.32. The van der Waals surface area contributed by atoms with E-state index in [9.17, 15) is 9.59 Å². The van der Waals surface area contributed by atoms with Crippen molar-refractivity contribution in [1.29, 1.82) is 0 Å². The normalized spacial score (nSPS) is 31.6. The third kappa shape index (κ3) is 3.72. The SMILES string of the molecule is CC(C[CH]C(=O)NC1CC2CCC[C@@H](C1)N2C)C(N)=O. The van der Waals surface area contributed by atoms with Gasteiger partial charge in [-0.25, -0.2) is 0 Å². The standard InChI is InChI=1S/C15H26N3O2/c1-10(15(16)20)6-7-14(19)17-11-8-12-4-3-5-13(9-11)18(12)2/h7,10-13H,3-6,8-9H2,1-2H3,(H2,16,20)(H,17,19)/t10?,11?,12-,13?/m0/s1. The van der Waals surface area contributed by atoms with Crippen LogP contribution in [0.1, 0.15) is 45.4 Å². The Hall–Kier alpha value is -1.10. The van der Waals surface area contributed by atoms with Gasteiger partial charge in [0.1, 0.15) is 0 Å². The van der Waals surface area contributed by atoms with Crippen molar-refractivity contribution >= 4 is 11.8 Å². The highest BCUT2D eigenvalue weighted by atomic mass is 16.2. The topological polar surface area (TPSA) is 75.4 Å². The minimum atomic E-state index is -0.358. The molecule has 3 N–H and O–H groups in total. The Morgan fingerprint density at radius 3 is 2.50 bits per heavy atom. The third-order valence-electron chi connectivity index (χ3n) is 4.83. The minimum absolute atomic E-state index is 0.0641. The highest BCUT2D eigenvalue weighted by molar-refractivity contribution is 5.86. The first kappa shape index (κ1) is 15.3. The second-order valence-corrected chi connectivity index (χ2v) is 6.32. The van der Waals surface area contributed by atoms with Gasteiger partial charge in [0.25, 0.3) is 0 Å². The summed E-state index contributed by atoms with van der Waals surface area (Å²) in [7, 11) is 2.20. The van der Waals surface area contributed by atoms with Gasteiger partial charge in [0, 0.05) is 24.0 Å². The molecule has 5 heteroatoms. The summed E-state index contributed by atoms with van der Waals surface area (Å²) in [5.74, 6) is -0.703. The lowest BCUT2D eigenvalue weighted by molar-refractivity contribution is -0.121. The van der Waals surface area contributed by atoms with Gasteiger partial charge in [-0.2, -0.15) is 0 Å². The average Bonchev–Trinajstić information content (AvgIpc) is 2.37. The Morgan fingerprint density at radius 1 is 1.35 bits per heavy atom.